The van der Waals surface area contributed by atoms with Crippen LogP contribution < -0.4 is 5.32 Å². The minimum Gasteiger partial charge on any atom is -0.373 e. The van der Waals surface area contributed by atoms with Crippen LogP contribution >= 0.6 is 0 Å². The molecule has 0 radical (unpaired) electrons. The maximum atomic E-state index is 14.0. The number of amides is 1. The summed E-state index contributed by atoms with van der Waals surface area (Å²) in [4.78, 5) is 21.3. The van der Waals surface area contributed by atoms with Crippen LogP contribution in [0.25, 0.3) is 0 Å². The molecule has 1 aromatic heterocycles. The van der Waals surface area contributed by atoms with Crippen LogP contribution in [0.5, 0.6) is 0 Å². The SMILES string of the molecule is CNC1=NC(=O)C2(CCc3ncccc32)c2cc(C(F)(F)C(F)(F)F)ccc21. The van der Waals surface area contributed by atoms with Crippen LogP contribution in [-0.4, -0.2) is 30.0 Å². The number of alkyl halides is 5. The normalized spacial score (nSPS) is 21.4. The van der Waals surface area contributed by atoms with Gasteiger partial charge in [0, 0.05) is 30.1 Å². The number of aliphatic imine (C=N–C) groups is 1. The molecule has 146 valence electrons. The number of nitrogens with one attached hydrogen (secondary N) is 1. The van der Waals surface area contributed by atoms with E-state index in [9.17, 15) is 26.7 Å². The van der Waals surface area contributed by atoms with Gasteiger partial charge in [-0.1, -0.05) is 18.2 Å². The molecule has 4 nitrogen and oxygen atoms in total. The lowest BCUT2D eigenvalue weighted by molar-refractivity contribution is -0.289. The number of carbonyl (C=O) groups excluding carboxylic acids is 1. The highest BCUT2D eigenvalue weighted by atomic mass is 19.4. The zero-order valence-corrected chi connectivity index (χ0v) is 14.6. The molecule has 4 rings (SSSR count). The van der Waals surface area contributed by atoms with Gasteiger partial charge >= 0.3 is 12.1 Å². The Morgan fingerprint density at radius 2 is 1.86 bits per heavy atom. The molecule has 1 atom stereocenters. The summed E-state index contributed by atoms with van der Waals surface area (Å²) in [7, 11) is 1.50. The van der Waals surface area contributed by atoms with Crippen molar-refractivity contribution in [1.29, 1.82) is 0 Å². The van der Waals surface area contributed by atoms with E-state index in [2.05, 4.69) is 15.3 Å². The molecule has 0 fully saturated rings. The number of fused-ring (bicyclic) bond motifs is 4. The van der Waals surface area contributed by atoms with Gasteiger partial charge in [-0.2, -0.15) is 26.9 Å². The summed E-state index contributed by atoms with van der Waals surface area (Å²) in [5.41, 5.74) is -1.12. The van der Waals surface area contributed by atoms with Crippen molar-refractivity contribution in [3.05, 3.63) is 64.5 Å². The topological polar surface area (TPSA) is 54.4 Å². The minimum absolute atomic E-state index is 0.0880. The smallest absolute Gasteiger partial charge is 0.373 e. The van der Waals surface area contributed by atoms with Crippen molar-refractivity contribution in [3.8, 4) is 0 Å². The molecule has 0 bridgehead atoms. The standard InChI is InChI=1S/C19H14F5N3O/c1-25-15-11-5-4-10(18(20,21)19(22,23)24)9-13(11)17(16(28)27-15)7-6-14-12(17)3-2-8-26-14/h2-5,8-9H,6-7H2,1H3,(H,25,27,28). The Morgan fingerprint density at radius 1 is 1.11 bits per heavy atom. The maximum absolute atomic E-state index is 14.0. The second-order valence-corrected chi connectivity index (χ2v) is 6.75. The number of aryl methyl sites for hydroxylation is 1. The largest absolute Gasteiger partial charge is 0.458 e. The number of rotatable bonds is 1. The highest BCUT2D eigenvalue weighted by Crippen LogP contribution is 2.50. The van der Waals surface area contributed by atoms with E-state index in [0.717, 1.165) is 18.2 Å². The van der Waals surface area contributed by atoms with Crippen molar-refractivity contribution < 1.29 is 26.7 Å². The molecule has 2 heterocycles. The Kier molecular flexibility index (Phi) is 3.85. The molecule has 1 spiro atoms. The second kappa shape index (κ2) is 5.83. The van der Waals surface area contributed by atoms with Gasteiger partial charge in [0.05, 0.1) is 0 Å². The van der Waals surface area contributed by atoms with Crippen molar-refractivity contribution >= 4 is 11.7 Å². The Balaban J connectivity index is 2.01. The van der Waals surface area contributed by atoms with E-state index in [1.807, 2.05) is 0 Å². The molecule has 9 heteroatoms. The molecule has 0 saturated heterocycles. The van der Waals surface area contributed by atoms with E-state index in [-0.39, 0.29) is 17.8 Å². The van der Waals surface area contributed by atoms with Gasteiger partial charge in [-0.3, -0.25) is 9.78 Å². The minimum atomic E-state index is -5.75. The van der Waals surface area contributed by atoms with E-state index < -0.39 is 29.0 Å². The van der Waals surface area contributed by atoms with Gasteiger partial charge < -0.3 is 5.32 Å². The van der Waals surface area contributed by atoms with Crippen LogP contribution in [0.2, 0.25) is 0 Å². The molecular weight excluding hydrogens is 381 g/mol. The first-order valence-corrected chi connectivity index (χ1v) is 8.48. The van der Waals surface area contributed by atoms with Crippen LogP contribution in [-0.2, 0) is 22.6 Å². The fourth-order valence-electron chi connectivity index (χ4n) is 3.99. The molecule has 1 aromatic carbocycles. The van der Waals surface area contributed by atoms with Gasteiger partial charge in [-0.05, 0) is 36.1 Å². The highest BCUT2D eigenvalue weighted by Gasteiger charge is 2.59. The van der Waals surface area contributed by atoms with E-state index in [0.29, 0.717) is 23.2 Å². The average Bonchev–Trinajstić information content (AvgIpc) is 3.04. The van der Waals surface area contributed by atoms with Crippen LogP contribution in [0.15, 0.2) is 41.5 Å². The molecule has 2 aliphatic rings. The summed E-state index contributed by atoms with van der Waals surface area (Å²) >= 11 is 0. The zero-order valence-electron chi connectivity index (χ0n) is 14.6. The van der Waals surface area contributed by atoms with E-state index in [1.165, 1.54) is 7.05 Å². The molecule has 28 heavy (non-hydrogen) atoms. The summed E-state index contributed by atoms with van der Waals surface area (Å²) in [5, 5.41) is 2.71. The Hall–Kier alpha value is -2.84. The molecule has 0 saturated carbocycles. The van der Waals surface area contributed by atoms with Crippen molar-refractivity contribution in [3.63, 3.8) is 0 Å². The number of hydrogen-bond acceptors (Lipinski definition) is 3. The van der Waals surface area contributed by atoms with Crippen molar-refractivity contribution in [2.45, 2.75) is 30.4 Å². The van der Waals surface area contributed by atoms with Gasteiger partial charge in [0.15, 0.2) is 0 Å². The predicted molar refractivity (Wildman–Crippen MR) is 90.3 cm³/mol. The molecule has 2 aromatic rings. The lowest BCUT2D eigenvalue weighted by atomic mass is 9.71. The summed E-state index contributed by atoms with van der Waals surface area (Å²) < 4.78 is 66.8. The zero-order chi connectivity index (χ0) is 20.3. The van der Waals surface area contributed by atoms with Crippen molar-refractivity contribution in [2.24, 2.45) is 4.99 Å². The van der Waals surface area contributed by atoms with E-state index in [1.54, 1.807) is 18.3 Å². The monoisotopic (exact) mass is 395 g/mol. The molecule has 1 N–H and O–H groups in total. The maximum Gasteiger partial charge on any atom is 0.458 e. The first-order valence-electron chi connectivity index (χ1n) is 8.48. The first-order chi connectivity index (χ1) is 13.1. The predicted octanol–water partition coefficient (Wildman–Crippen LogP) is 3.47. The number of halogens is 5. The number of benzene rings is 1. The lowest BCUT2D eigenvalue weighted by Crippen LogP contribution is -2.43. The van der Waals surface area contributed by atoms with Crippen molar-refractivity contribution in [1.82, 2.24) is 10.3 Å². The van der Waals surface area contributed by atoms with Gasteiger partial charge in [0.1, 0.15) is 11.3 Å². The molecule has 1 unspecified atom stereocenters. The fourth-order valence-corrected chi connectivity index (χ4v) is 3.99. The Bertz CT molecular complexity index is 1010. The third-order valence-corrected chi connectivity index (χ3v) is 5.36. The fraction of sp³-hybridized carbons (Fsp3) is 0.316. The molecule has 1 amide bonds. The van der Waals surface area contributed by atoms with E-state index in [4.69, 9.17) is 0 Å². The number of amidine groups is 1. The summed E-state index contributed by atoms with van der Waals surface area (Å²) in [5.74, 6) is -5.52. The van der Waals surface area contributed by atoms with Crippen LogP contribution in [0.3, 0.4) is 0 Å². The van der Waals surface area contributed by atoms with Crippen LogP contribution in [0.4, 0.5) is 22.0 Å². The Labute approximate surface area is 156 Å². The van der Waals surface area contributed by atoms with Gasteiger partial charge in [0.2, 0.25) is 0 Å². The van der Waals surface area contributed by atoms with E-state index >= 15 is 0 Å². The third kappa shape index (κ3) is 2.31. The quantitative estimate of drug-likeness (QED) is 0.753. The molecule has 1 aliphatic carbocycles. The molecular formula is C19H14F5N3O. The second-order valence-electron chi connectivity index (χ2n) is 6.75. The number of hydrogen-bond donors (Lipinski definition) is 1. The Morgan fingerprint density at radius 3 is 2.54 bits per heavy atom. The van der Waals surface area contributed by atoms with Gasteiger partial charge in [0.25, 0.3) is 5.91 Å². The number of aromatic nitrogens is 1. The van der Waals surface area contributed by atoms with Gasteiger partial charge in [-0.15, -0.1) is 0 Å². The lowest BCUT2D eigenvalue weighted by Gasteiger charge is -2.34. The first kappa shape index (κ1) is 18.5. The summed E-state index contributed by atoms with van der Waals surface area (Å²) in [6.45, 7) is 0. The summed E-state index contributed by atoms with van der Waals surface area (Å²) in [6, 6.07) is 5.91. The number of pyridine rings is 1. The highest BCUT2D eigenvalue weighted by molar-refractivity contribution is 6.14. The van der Waals surface area contributed by atoms with Crippen molar-refractivity contribution in [2.75, 3.05) is 7.05 Å². The number of carbonyl (C=O) groups is 1. The number of nitrogens with zero attached hydrogens (tertiary/aromatic N) is 2. The van der Waals surface area contributed by atoms with Gasteiger partial charge in [-0.25, -0.2) is 0 Å². The van der Waals surface area contributed by atoms with Crippen LogP contribution in [0, 0.1) is 0 Å². The van der Waals surface area contributed by atoms with Crippen LogP contribution in [0.1, 0.15) is 34.4 Å². The third-order valence-electron chi connectivity index (χ3n) is 5.36. The average molecular weight is 395 g/mol. The molecule has 1 aliphatic heterocycles. The summed E-state index contributed by atoms with van der Waals surface area (Å²) in [6.07, 6.45) is -3.61.